The lowest BCUT2D eigenvalue weighted by Gasteiger charge is -2.40. The molecule has 2 aliphatic carbocycles. The van der Waals surface area contributed by atoms with Crippen LogP contribution in [0.3, 0.4) is 0 Å². The van der Waals surface area contributed by atoms with E-state index in [0.717, 1.165) is 26.7 Å². The molecule has 0 aromatic rings. The maximum atomic E-state index is 13.0. The molecule has 0 amide bonds. The molecule has 1 aliphatic heterocycles. The molecule has 3 aliphatic rings. The van der Waals surface area contributed by atoms with Crippen LogP contribution in [0.5, 0.6) is 0 Å². The number of hydrogen-bond donors (Lipinski definition) is 3. The van der Waals surface area contributed by atoms with Gasteiger partial charge in [0.05, 0.1) is 12.0 Å². The molecule has 8 atom stereocenters. The number of esters is 4. The summed E-state index contributed by atoms with van der Waals surface area (Å²) in [5.74, 6) is -4.25. The summed E-state index contributed by atoms with van der Waals surface area (Å²) in [7, 11) is 0. The number of ether oxygens (including phenoxy) is 4. The highest BCUT2D eigenvalue weighted by Gasteiger charge is 2.74. The number of rotatable bonds is 8. The van der Waals surface area contributed by atoms with Crippen molar-refractivity contribution < 1.29 is 53.4 Å². The molecule has 1 saturated heterocycles. The summed E-state index contributed by atoms with van der Waals surface area (Å²) in [4.78, 5) is 50.9. The van der Waals surface area contributed by atoms with Crippen molar-refractivity contribution in [3.05, 3.63) is 22.8 Å². The summed E-state index contributed by atoms with van der Waals surface area (Å²) in [6, 6.07) is 0. The zero-order chi connectivity index (χ0) is 29.5. The molecule has 0 bridgehead atoms. The topological polar surface area (TPSA) is 166 Å². The molecule has 1 saturated carbocycles. The predicted molar refractivity (Wildman–Crippen MR) is 136 cm³/mol. The minimum absolute atomic E-state index is 0.0873. The van der Waals surface area contributed by atoms with Gasteiger partial charge < -0.3 is 34.3 Å². The third-order valence-corrected chi connectivity index (χ3v) is 8.31. The zero-order valence-corrected chi connectivity index (χ0v) is 23.6. The molecule has 2 fully saturated rings. The fraction of sp³-hybridized carbons (Fsp3) is 0.714. The number of fused-ring (bicyclic) bond motifs is 3. The average molecular weight is 553 g/mol. The number of unbranched alkanes of at least 4 members (excludes halogenated alkanes) is 2. The third kappa shape index (κ3) is 5.12. The Hall–Kier alpha value is -2.76. The fourth-order valence-corrected chi connectivity index (χ4v) is 6.03. The number of aliphatic hydroxyl groups is 3. The van der Waals surface area contributed by atoms with Crippen molar-refractivity contribution in [2.75, 3.05) is 0 Å². The van der Waals surface area contributed by atoms with Crippen LogP contribution in [-0.2, 0) is 38.1 Å². The van der Waals surface area contributed by atoms with Gasteiger partial charge in [0.2, 0.25) is 0 Å². The second-order valence-electron chi connectivity index (χ2n) is 11.1. The molecule has 3 N–H and O–H groups in total. The van der Waals surface area contributed by atoms with E-state index in [9.17, 15) is 34.5 Å². The highest BCUT2D eigenvalue weighted by atomic mass is 16.6. The summed E-state index contributed by atoms with van der Waals surface area (Å²) in [5.41, 5.74) is -5.99. The number of aliphatic hydroxyl groups excluding tert-OH is 1. The Bertz CT molecular complexity index is 1090. The largest absolute Gasteiger partial charge is 0.459 e. The van der Waals surface area contributed by atoms with Crippen molar-refractivity contribution in [1.29, 1.82) is 0 Å². The van der Waals surface area contributed by atoms with Crippen molar-refractivity contribution in [3.63, 3.8) is 0 Å². The lowest BCUT2D eigenvalue weighted by Crippen LogP contribution is -2.63. The molecular weight excluding hydrogens is 512 g/mol. The molecule has 0 aromatic heterocycles. The number of carbonyl (C=O) groups is 4. The Morgan fingerprint density at radius 3 is 2.33 bits per heavy atom. The van der Waals surface area contributed by atoms with Gasteiger partial charge >= 0.3 is 23.9 Å². The van der Waals surface area contributed by atoms with Crippen LogP contribution in [0.1, 0.15) is 80.6 Å². The van der Waals surface area contributed by atoms with E-state index < -0.39 is 77.4 Å². The first-order valence-corrected chi connectivity index (χ1v) is 13.3. The van der Waals surface area contributed by atoms with Crippen LogP contribution in [0.4, 0.5) is 0 Å². The van der Waals surface area contributed by atoms with Crippen molar-refractivity contribution >= 4 is 23.9 Å². The highest BCUT2D eigenvalue weighted by Crippen LogP contribution is 2.56. The molecule has 11 heteroatoms. The van der Waals surface area contributed by atoms with Gasteiger partial charge in [0.25, 0.3) is 0 Å². The van der Waals surface area contributed by atoms with Crippen molar-refractivity contribution in [2.24, 2.45) is 5.92 Å². The maximum absolute atomic E-state index is 13.0. The SMILES string of the molecule is CC=C(C)C(=O)OC1C(C)=C2C(C1OC(=O)CCCCC)C(C)(OC(C)=O)CC(O)C1(O)C2OC(=O)C1(C)O. The monoisotopic (exact) mass is 552 g/mol. The molecule has 11 nitrogen and oxygen atoms in total. The second kappa shape index (κ2) is 11.0. The van der Waals surface area contributed by atoms with Crippen LogP contribution in [0.25, 0.3) is 0 Å². The molecule has 0 spiro atoms. The first-order valence-electron chi connectivity index (χ1n) is 13.3. The van der Waals surface area contributed by atoms with Gasteiger partial charge in [-0.05, 0) is 52.2 Å². The van der Waals surface area contributed by atoms with Gasteiger partial charge in [0.15, 0.2) is 29.5 Å². The van der Waals surface area contributed by atoms with Crippen LogP contribution in [-0.4, -0.2) is 80.4 Å². The quantitative estimate of drug-likeness (QED) is 0.132. The molecule has 3 rings (SSSR count). The second-order valence-corrected chi connectivity index (χ2v) is 11.1. The molecule has 0 aromatic carbocycles. The molecule has 218 valence electrons. The van der Waals surface area contributed by atoms with Gasteiger partial charge in [-0.25, -0.2) is 9.59 Å². The van der Waals surface area contributed by atoms with E-state index in [4.69, 9.17) is 18.9 Å². The van der Waals surface area contributed by atoms with Crippen molar-refractivity contribution in [3.8, 4) is 0 Å². The first kappa shape index (κ1) is 30.8. The highest BCUT2D eigenvalue weighted by molar-refractivity contribution is 5.88. The maximum Gasteiger partial charge on any atom is 0.341 e. The van der Waals surface area contributed by atoms with Gasteiger partial charge in [0.1, 0.15) is 5.60 Å². The Morgan fingerprint density at radius 2 is 1.77 bits per heavy atom. The summed E-state index contributed by atoms with van der Waals surface area (Å²) in [6.07, 6.45) is -2.42. The lowest BCUT2D eigenvalue weighted by molar-refractivity contribution is -0.199. The van der Waals surface area contributed by atoms with E-state index in [1.54, 1.807) is 26.8 Å². The van der Waals surface area contributed by atoms with Crippen LogP contribution in [0.15, 0.2) is 22.8 Å². The van der Waals surface area contributed by atoms with E-state index in [-0.39, 0.29) is 23.1 Å². The summed E-state index contributed by atoms with van der Waals surface area (Å²) in [6.45, 7) is 10.5. The third-order valence-electron chi connectivity index (χ3n) is 8.31. The minimum Gasteiger partial charge on any atom is -0.459 e. The number of allylic oxidation sites excluding steroid dienone is 1. The van der Waals surface area contributed by atoms with Gasteiger partial charge in [0, 0.05) is 25.3 Å². The van der Waals surface area contributed by atoms with Crippen LogP contribution in [0.2, 0.25) is 0 Å². The van der Waals surface area contributed by atoms with Crippen LogP contribution < -0.4 is 0 Å². The molecule has 0 radical (unpaired) electrons. The van der Waals surface area contributed by atoms with E-state index >= 15 is 0 Å². The molecular formula is C28H40O11. The Morgan fingerprint density at radius 1 is 1.13 bits per heavy atom. The van der Waals surface area contributed by atoms with Gasteiger partial charge in [-0.3, -0.25) is 9.59 Å². The van der Waals surface area contributed by atoms with Crippen LogP contribution in [0, 0.1) is 5.92 Å². The zero-order valence-electron chi connectivity index (χ0n) is 23.6. The van der Waals surface area contributed by atoms with E-state index in [1.165, 1.54) is 6.92 Å². The fourth-order valence-electron chi connectivity index (χ4n) is 6.03. The Labute approximate surface area is 228 Å². The minimum atomic E-state index is -2.55. The van der Waals surface area contributed by atoms with E-state index in [2.05, 4.69) is 0 Å². The smallest absolute Gasteiger partial charge is 0.341 e. The van der Waals surface area contributed by atoms with Gasteiger partial charge in [-0.15, -0.1) is 0 Å². The average Bonchev–Trinajstić information content (AvgIpc) is 3.18. The van der Waals surface area contributed by atoms with Crippen molar-refractivity contribution in [1.82, 2.24) is 0 Å². The Kier molecular flexibility index (Phi) is 8.69. The lowest BCUT2D eigenvalue weighted by atomic mass is 9.75. The number of hydrogen-bond acceptors (Lipinski definition) is 11. The van der Waals surface area contributed by atoms with Gasteiger partial charge in [-0.2, -0.15) is 0 Å². The normalized spacial score (nSPS) is 37.9. The summed E-state index contributed by atoms with van der Waals surface area (Å²) >= 11 is 0. The predicted octanol–water partition coefficient (Wildman–Crippen LogP) is 1.80. The van der Waals surface area contributed by atoms with Gasteiger partial charge in [-0.1, -0.05) is 25.8 Å². The summed E-state index contributed by atoms with van der Waals surface area (Å²) < 4.78 is 22.9. The molecule has 1 heterocycles. The standard InChI is InChI=1S/C28H40O11/c1-8-10-11-12-18(31)36-22-20-19(15(4)21(22)37-24(32)14(3)9-2)23-28(35,27(7,34)25(33)38-23)17(30)13-26(20,6)39-16(5)29/h9,17,20-23,30,34-35H,8,10-13H2,1-7H3. The summed E-state index contributed by atoms with van der Waals surface area (Å²) in [5, 5.41) is 34.0. The molecule has 8 unspecified atom stereocenters. The van der Waals surface area contributed by atoms with E-state index in [0.29, 0.717) is 6.42 Å². The van der Waals surface area contributed by atoms with Crippen LogP contribution >= 0.6 is 0 Å². The Balaban J connectivity index is 2.23. The first-order chi connectivity index (χ1) is 18.1. The van der Waals surface area contributed by atoms with E-state index in [1.807, 2.05) is 6.92 Å². The number of carbonyl (C=O) groups excluding carboxylic acids is 4. The van der Waals surface area contributed by atoms with Crippen molar-refractivity contribution in [2.45, 2.75) is 122 Å². The molecule has 39 heavy (non-hydrogen) atoms.